The maximum atomic E-state index is 5.77. The summed E-state index contributed by atoms with van der Waals surface area (Å²) >= 11 is 1.86. The monoisotopic (exact) mass is 224 g/mol. The van der Waals surface area contributed by atoms with E-state index in [4.69, 9.17) is 5.73 Å². The highest BCUT2D eigenvalue weighted by molar-refractivity contribution is 8.00. The molecule has 15 heavy (non-hydrogen) atoms. The van der Waals surface area contributed by atoms with Gasteiger partial charge in [-0.05, 0) is 19.9 Å². The summed E-state index contributed by atoms with van der Waals surface area (Å²) in [7, 11) is 0. The molecule has 1 heterocycles. The van der Waals surface area contributed by atoms with Crippen molar-refractivity contribution in [3.63, 3.8) is 0 Å². The van der Waals surface area contributed by atoms with Crippen LogP contribution < -0.4 is 5.73 Å². The van der Waals surface area contributed by atoms with Gasteiger partial charge in [-0.15, -0.1) is 11.8 Å². The van der Waals surface area contributed by atoms with Crippen LogP contribution in [0, 0.1) is 13.8 Å². The second kappa shape index (κ2) is 4.54. The summed E-state index contributed by atoms with van der Waals surface area (Å²) in [5, 5.41) is 0. The maximum Gasteiger partial charge on any atom is 0.0431 e. The van der Waals surface area contributed by atoms with Gasteiger partial charge in [0.15, 0.2) is 0 Å². The molecule has 0 saturated carbocycles. The van der Waals surface area contributed by atoms with E-state index < -0.39 is 0 Å². The average molecular weight is 224 g/mol. The fraction of sp³-hybridized carbons (Fsp3) is 0.583. The van der Waals surface area contributed by atoms with Gasteiger partial charge in [-0.1, -0.05) is 20.8 Å². The molecule has 0 aromatic carbocycles. The fourth-order valence-corrected chi connectivity index (χ4v) is 2.73. The van der Waals surface area contributed by atoms with Gasteiger partial charge >= 0.3 is 0 Å². The van der Waals surface area contributed by atoms with Gasteiger partial charge in [-0.3, -0.25) is 4.98 Å². The van der Waals surface area contributed by atoms with E-state index in [1.807, 2.05) is 25.6 Å². The third-order valence-corrected chi connectivity index (χ3v) is 3.24. The molecule has 3 heteroatoms. The second-order valence-electron chi connectivity index (χ2n) is 4.74. The van der Waals surface area contributed by atoms with E-state index in [0.29, 0.717) is 6.54 Å². The molecule has 84 valence electrons. The third kappa shape index (κ3) is 3.50. The van der Waals surface area contributed by atoms with Crippen LogP contribution in [0.15, 0.2) is 11.0 Å². The summed E-state index contributed by atoms with van der Waals surface area (Å²) in [5.41, 5.74) is 9.07. The lowest BCUT2D eigenvalue weighted by Crippen LogP contribution is -2.11. The van der Waals surface area contributed by atoms with Gasteiger partial charge in [-0.25, -0.2) is 0 Å². The zero-order chi connectivity index (χ0) is 11.6. The summed E-state index contributed by atoms with van der Waals surface area (Å²) in [5.74, 6) is 0. The van der Waals surface area contributed by atoms with Crippen LogP contribution in [-0.4, -0.2) is 9.73 Å². The highest BCUT2D eigenvalue weighted by Crippen LogP contribution is 2.35. The van der Waals surface area contributed by atoms with E-state index in [2.05, 4.69) is 31.8 Å². The molecule has 0 aliphatic heterocycles. The van der Waals surface area contributed by atoms with Crippen molar-refractivity contribution in [1.82, 2.24) is 4.98 Å². The van der Waals surface area contributed by atoms with Gasteiger partial charge in [0.2, 0.25) is 0 Å². The van der Waals surface area contributed by atoms with Crippen molar-refractivity contribution >= 4 is 11.8 Å². The van der Waals surface area contributed by atoms with Crippen LogP contribution in [0.1, 0.15) is 37.7 Å². The quantitative estimate of drug-likeness (QED) is 0.785. The van der Waals surface area contributed by atoms with Gasteiger partial charge < -0.3 is 5.73 Å². The predicted molar refractivity (Wildman–Crippen MR) is 67.2 cm³/mol. The molecule has 0 amide bonds. The Hall–Kier alpha value is -0.540. The number of pyridine rings is 1. The molecule has 0 saturated heterocycles. The molecular weight excluding hydrogens is 204 g/mol. The van der Waals surface area contributed by atoms with E-state index in [1.54, 1.807) is 0 Å². The van der Waals surface area contributed by atoms with Crippen molar-refractivity contribution < 1.29 is 0 Å². The number of aromatic nitrogens is 1. The number of rotatable bonds is 2. The summed E-state index contributed by atoms with van der Waals surface area (Å²) in [6.07, 6.45) is 0. The lowest BCUT2D eigenvalue weighted by Gasteiger charge is -2.20. The van der Waals surface area contributed by atoms with E-state index in [9.17, 15) is 0 Å². The first-order valence-electron chi connectivity index (χ1n) is 5.19. The van der Waals surface area contributed by atoms with Crippen molar-refractivity contribution in [2.75, 3.05) is 0 Å². The van der Waals surface area contributed by atoms with E-state index in [0.717, 1.165) is 11.4 Å². The van der Waals surface area contributed by atoms with Gasteiger partial charge in [0.1, 0.15) is 0 Å². The Bertz CT molecular complexity index is 353. The summed E-state index contributed by atoms with van der Waals surface area (Å²) in [4.78, 5) is 5.71. The fourth-order valence-electron chi connectivity index (χ4n) is 1.49. The molecule has 0 atom stereocenters. The first-order chi connectivity index (χ1) is 6.83. The number of hydrogen-bond acceptors (Lipinski definition) is 3. The van der Waals surface area contributed by atoms with Crippen LogP contribution in [0.2, 0.25) is 0 Å². The third-order valence-electron chi connectivity index (χ3n) is 2.04. The van der Waals surface area contributed by atoms with Crippen LogP contribution in [-0.2, 0) is 6.54 Å². The van der Waals surface area contributed by atoms with E-state index in [-0.39, 0.29) is 4.75 Å². The number of nitrogens with zero attached hydrogens (tertiary/aromatic N) is 1. The summed E-state index contributed by atoms with van der Waals surface area (Å²) < 4.78 is 0.212. The zero-order valence-electron chi connectivity index (χ0n) is 10.2. The molecule has 1 rings (SSSR count). The molecule has 0 fully saturated rings. The maximum absolute atomic E-state index is 5.77. The predicted octanol–water partition coefficient (Wildman–Crippen LogP) is 3.05. The minimum atomic E-state index is 0.212. The van der Waals surface area contributed by atoms with Gasteiger partial charge in [0.05, 0.1) is 0 Å². The largest absolute Gasteiger partial charge is 0.326 e. The van der Waals surface area contributed by atoms with E-state index >= 15 is 0 Å². The molecule has 0 radical (unpaired) electrons. The highest BCUT2D eigenvalue weighted by Gasteiger charge is 2.16. The van der Waals surface area contributed by atoms with Crippen molar-refractivity contribution in [2.45, 2.75) is 50.8 Å². The van der Waals surface area contributed by atoms with Crippen LogP contribution in [0.5, 0.6) is 0 Å². The molecule has 1 aromatic heterocycles. The van der Waals surface area contributed by atoms with Crippen molar-refractivity contribution in [1.29, 1.82) is 0 Å². The normalized spacial score (nSPS) is 11.9. The number of aryl methyl sites for hydroxylation is 2. The SMILES string of the molecule is Cc1cc(SC(C)(C)C)c(CN)c(C)n1. The molecule has 0 unspecified atom stereocenters. The van der Waals surface area contributed by atoms with Crippen molar-refractivity contribution in [2.24, 2.45) is 5.73 Å². The molecule has 0 aliphatic rings. The minimum absolute atomic E-state index is 0.212. The Kier molecular flexibility index (Phi) is 3.79. The van der Waals surface area contributed by atoms with Crippen LogP contribution >= 0.6 is 11.8 Å². The van der Waals surface area contributed by atoms with Crippen LogP contribution in [0.3, 0.4) is 0 Å². The Balaban J connectivity index is 3.15. The minimum Gasteiger partial charge on any atom is -0.326 e. The Labute approximate surface area is 96.7 Å². The van der Waals surface area contributed by atoms with Gasteiger partial charge in [0, 0.05) is 33.1 Å². The molecule has 2 N–H and O–H groups in total. The molecule has 1 aromatic rings. The lowest BCUT2D eigenvalue weighted by molar-refractivity contribution is 0.799. The molecule has 2 nitrogen and oxygen atoms in total. The standard InChI is InChI=1S/C12H20N2S/c1-8-6-11(15-12(3,4)5)10(7-13)9(2)14-8/h6H,7,13H2,1-5H3. The van der Waals surface area contributed by atoms with Crippen molar-refractivity contribution in [3.05, 3.63) is 23.0 Å². The first kappa shape index (κ1) is 12.5. The van der Waals surface area contributed by atoms with Crippen LogP contribution in [0.25, 0.3) is 0 Å². The number of hydrogen-bond donors (Lipinski definition) is 1. The van der Waals surface area contributed by atoms with Gasteiger partial charge in [-0.2, -0.15) is 0 Å². The van der Waals surface area contributed by atoms with Gasteiger partial charge in [0.25, 0.3) is 0 Å². The summed E-state index contributed by atoms with van der Waals surface area (Å²) in [6.45, 7) is 11.3. The summed E-state index contributed by atoms with van der Waals surface area (Å²) in [6, 6.07) is 2.13. The first-order valence-corrected chi connectivity index (χ1v) is 6.01. The van der Waals surface area contributed by atoms with E-state index in [1.165, 1.54) is 10.5 Å². The average Bonchev–Trinajstić information content (AvgIpc) is 1.99. The lowest BCUT2D eigenvalue weighted by atomic mass is 10.2. The smallest absolute Gasteiger partial charge is 0.0431 e. The number of nitrogens with two attached hydrogens (primary N) is 1. The molecular formula is C12H20N2S. The Morgan fingerprint density at radius 1 is 1.33 bits per heavy atom. The molecule has 0 bridgehead atoms. The highest BCUT2D eigenvalue weighted by atomic mass is 32.2. The Morgan fingerprint density at radius 2 is 1.93 bits per heavy atom. The Morgan fingerprint density at radius 3 is 2.40 bits per heavy atom. The topological polar surface area (TPSA) is 38.9 Å². The van der Waals surface area contributed by atoms with Crippen LogP contribution in [0.4, 0.5) is 0 Å². The van der Waals surface area contributed by atoms with Crippen molar-refractivity contribution in [3.8, 4) is 0 Å². The zero-order valence-corrected chi connectivity index (χ0v) is 11.0. The second-order valence-corrected chi connectivity index (χ2v) is 6.61. The molecule has 0 spiro atoms. The molecule has 0 aliphatic carbocycles. The number of thioether (sulfide) groups is 1.